The molecule has 22 heavy (non-hydrogen) atoms. The molecule has 2 aromatic rings. The van der Waals surface area contributed by atoms with Gasteiger partial charge in [-0.1, -0.05) is 48.5 Å². The van der Waals surface area contributed by atoms with Crippen LogP contribution in [0.5, 0.6) is 0 Å². The summed E-state index contributed by atoms with van der Waals surface area (Å²) in [4.78, 5) is 3.71. The Morgan fingerprint density at radius 3 is 2.36 bits per heavy atom. The Morgan fingerprint density at radius 2 is 1.64 bits per heavy atom. The third-order valence-corrected chi connectivity index (χ3v) is 4.18. The third kappa shape index (κ3) is 3.74. The number of benzene rings is 2. The molecule has 0 aliphatic carbocycles. The first kappa shape index (κ1) is 14.8. The average Bonchev–Trinajstić information content (AvgIpc) is 2.57. The number of para-hydroxylation sites is 1. The summed E-state index contributed by atoms with van der Waals surface area (Å²) in [5, 5.41) is 0. The molecule has 2 aromatic carbocycles. The first-order valence-electron chi connectivity index (χ1n) is 7.87. The summed E-state index contributed by atoms with van der Waals surface area (Å²) in [6.45, 7) is 4.95. The molecule has 114 valence electrons. The van der Waals surface area contributed by atoms with Gasteiger partial charge in [-0.2, -0.15) is 0 Å². The fraction of sp³-hybridized carbons (Fsp3) is 0.263. The Hall–Kier alpha value is -2.13. The SMILES string of the molecule is Fc1ccccc1N1CC[NH+](C/C=C/c2ccccc2)CC1. The summed E-state index contributed by atoms with van der Waals surface area (Å²) in [6.07, 6.45) is 4.42. The van der Waals surface area contributed by atoms with E-state index >= 15 is 0 Å². The molecule has 0 aromatic heterocycles. The first-order chi connectivity index (χ1) is 10.8. The number of nitrogens with one attached hydrogen (secondary N) is 1. The topological polar surface area (TPSA) is 7.68 Å². The number of anilines is 1. The van der Waals surface area contributed by atoms with E-state index in [0.29, 0.717) is 0 Å². The van der Waals surface area contributed by atoms with Crippen LogP contribution in [-0.4, -0.2) is 32.7 Å². The number of nitrogens with zero attached hydrogens (tertiary/aromatic N) is 1. The van der Waals surface area contributed by atoms with Gasteiger partial charge >= 0.3 is 0 Å². The lowest BCUT2D eigenvalue weighted by molar-refractivity contribution is -0.894. The second-order valence-corrected chi connectivity index (χ2v) is 5.71. The van der Waals surface area contributed by atoms with Gasteiger partial charge in [0.2, 0.25) is 0 Å². The molecule has 1 aliphatic rings. The van der Waals surface area contributed by atoms with Crippen LogP contribution in [0.2, 0.25) is 0 Å². The summed E-state index contributed by atoms with van der Waals surface area (Å²) in [5.41, 5.74) is 1.98. The molecule has 1 heterocycles. The second kappa shape index (κ2) is 7.23. The fourth-order valence-corrected chi connectivity index (χ4v) is 2.90. The van der Waals surface area contributed by atoms with Gasteiger partial charge in [0.05, 0.1) is 38.4 Å². The number of rotatable bonds is 4. The van der Waals surface area contributed by atoms with Crippen molar-refractivity contribution in [2.24, 2.45) is 0 Å². The van der Waals surface area contributed by atoms with E-state index in [0.717, 1.165) is 38.4 Å². The lowest BCUT2D eigenvalue weighted by Gasteiger charge is -2.33. The van der Waals surface area contributed by atoms with E-state index in [1.165, 1.54) is 11.6 Å². The predicted octanol–water partition coefficient (Wildman–Crippen LogP) is 2.24. The quantitative estimate of drug-likeness (QED) is 0.909. The Morgan fingerprint density at radius 1 is 0.955 bits per heavy atom. The maximum Gasteiger partial charge on any atom is 0.146 e. The largest absolute Gasteiger partial charge is 0.358 e. The zero-order chi connectivity index (χ0) is 15.2. The van der Waals surface area contributed by atoms with Crippen molar-refractivity contribution in [1.29, 1.82) is 0 Å². The minimum absolute atomic E-state index is 0.116. The van der Waals surface area contributed by atoms with Crippen molar-refractivity contribution in [2.45, 2.75) is 0 Å². The third-order valence-electron chi connectivity index (χ3n) is 4.18. The van der Waals surface area contributed by atoms with Gasteiger partial charge in [0.15, 0.2) is 0 Å². The van der Waals surface area contributed by atoms with E-state index in [1.54, 1.807) is 11.0 Å². The highest BCUT2D eigenvalue weighted by Crippen LogP contribution is 2.18. The van der Waals surface area contributed by atoms with Gasteiger partial charge in [0, 0.05) is 0 Å². The molecule has 1 fully saturated rings. The second-order valence-electron chi connectivity index (χ2n) is 5.71. The average molecular weight is 297 g/mol. The molecule has 2 nitrogen and oxygen atoms in total. The summed E-state index contributed by atoms with van der Waals surface area (Å²) in [7, 11) is 0. The highest BCUT2D eigenvalue weighted by molar-refractivity contribution is 5.49. The van der Waals surface area contributed by atoms with Crippen molar-refractivity contribution in [3.63, 3.8) is 0 Å². The van der Waals surface area contributed by atoms with Crippen LogP contribution in [0, 0.1) is 5.82 Å². The number of hydrogen-bond acceptors (Lipinski definition) is 1. The van der Waals surface area contributed by atoms with Gasteiger partial charge in [0.25, 0.3) is 0 Å². The minimum Gasteiger partial charge on any atom is -0.358 e. The normalized spacial score (nSPS) is 16.3. The molecule has 1 N–H and O–H groups in total. The lowest BCUT2D eigenvalue weighted by Crippen LogP contribution is -3.14. The van der Waals surface area contributed by atoms with E-state index in [-0.39, 0.29) is 5.82 Å². The molecule has 0 atom stereocenters. The summed E-state index contributed by atoms with van der Waals surface area (Å²) in [6, 6.07) is 17.4. The molecule has 0 radical (unpaired) electrons. The van der Waals surface area contributed by atoms with Gasteiger partial charge in [-0.3, -0.25) is 0 Å². The molecular weight excluding hydrogens is 275 g/mol. The molecule has 0 bridgehead atoms. The Labute approximate surface area is 131 Å². The van der Waals surface area contributed by atoms with E-state index < -0.39 is 0 Å². The van der Waals surface area contributed by atoms with Crippen LogP contribution in [0.4, 0.5) is 10.1 Å². The number of halogens is 1. The zero-order valence-corrected chi connectivity index (χ0v) is 12.7. The van der Waals surface area contributed by atoms with E-state index in [2.05, 4.69) is 41.3 Å². The molecule has 0 saturated carbocycles. The Balaban J connectivity index is 1.50. The van der Waals surface area contributed by atoms with E-state index in [1.807, 2.05) is 18.2 Å². The maximum atomic E-state index is 13.8. The van der Waals surface area contributed by atoms with Crippen molar-refractivity contribution in [1.82, 2.24) is 0 Å². The Kier molecular flexibility index (Phi) is 4.86. The van der Waals surface area contributed by atoms with Crippen molar-refractivity contribution in [3.8, 4) is 0 Å². The van der Waals surface area contributed by atoms with E-state index in [9.17, 15) is 4.39 Å². The number of quaternary nitrogens is 1. The summed E-state index contributed by atoms with van der Waals surface area (Å²) in [5.74, 6) is -0.116. The molecule has 0 spiro atoms. The smallest absolute Gasteiger partial charge is 0.146 e. The van der Waals surface area contributed by atoms with Crippen LogP contribution in [-0.2, 0) is 0 Å². The van der Waals surface area contributed by atoms with Gasteiger partial charge < -0.3 is 9.80 Å². The van der Waals surface area contributed by atoms with Crippen molar-refractivity contribution >= 4 is 11.8 Å². The molecule has 3 heteroatoms. The monoisotopic (exact) mass is 297 g/mol. The molecule has 0 unspecified atom stereocenters. The van der Waals surface area contributed by atoms with Crippen LogP contribution in [0.25, 0.3) is 6.08 Å². The standard InChI is InChI=1S/C19H21FN2/c20-18-10-4-5-11-19(18)22-15-13-21(14-16-22)12-6-9-17-7-2-1-3-8-17/h1-11H,12-16H2/p+1/b9-6+. The highest BCUT2D eigenvalue weighted by Gasteiger charge is 2.20. The van der Waals surface area contributed by atoms with Gasteiger partial charge in [0.1, 0.15) is 5.82 Å². The van der Waals surface area contributed by atoms with Crippen molar-refractivity contribution in [3.05, 3.63) is 72.1 Å². The fourth-order valence-electron chi connectivity index (χ4n) is 2.90. The first-order valence-corrected chi connectivity index (χ1v) is 7.87. The number of hydrogen-bond donors (Lipinski definition) is 1. The summed E-state index contributed by atoms with van der Waals surface area (Å²) < 4.78 is 13.8. The van der Waals surface area contributed by atoms with Crippen LogP contribution in [0.1, 0.15) is 5.56 Å². The molecule has 3 rings (SSSR count). The van der Waals surface area contributed by atoms with E-state index in [4.69, 9.17) is 0 Å². The molecular formula is C19H22FN2+. The lowest BCUT2D eigenvalue weighted by atomic mass is 10.2. The van der Waals surface area contributed by atoms with Gasteiger partial charge in [-0.05, 0) is 23.8 Å². The highest BCUT2D eigenvalue weighted by atomic mass is 19.1. The summed E-state index contributed by atoms with van der Waals surface area (Å²) >= 11 is 0. The minimum atomic E-state index is -0.116. The van der Waals surface area contributed by atoms with Gasteiger partial charge in [-0.15, -0.1) is 0 Å². The van der Waals surface area contributed by atoms with Crippen LogP contribution in [0.3, 0.4) is 0 Å². The Bertz CT molecular complexity index is 616. The number of piperazine rings is 1. The maximum absolute atomic E-state index is 13.8. The zero-order valence-electron chi connectivity index (χ0n) is 12.7. The molecule has 0 amide bonds. The van der Waals surface area contributed by atoms with Crippen molar-refractivity contribution in [2.75, 3.05) is 37.6 Å². The van der Waals surface area contributed by atoms with Crippen LogP contribution < -0.4 is 9.80 Å². The molecule has 1 saturated heterocycles. The van der Waals surface area contributed by atoms with Gasteiger partial charge in [-0.25, -0.2) is 4.39 Å². The van der Waals surface area contributed by atoms with Crippen molar-refractivity contribution < 1.29 is 9.29 Å². The predicted molar refractivity (Wildman–Crippen MR) is 89.7 cm³/mol. The van der Waals surface area contributed by atoms with Crippen LogP contribution >= 0.6 is 0 Å². The molecule has 1 aliphatic heterocycles. The van der Waals surface area contributed by atoms with Crippen LogP contribution in [0.15, 0.2) is 60.7 Å².